The van der Waals surface area contributed by atoms with Gasteiger partial charge in [0.1, 0.15) is 72.7 Å². The lowest BCUT2D eigenvalue weighted by molar-refractivity contribution is -0.389. The Morgan fingerprint density at radius 3 is 2.02 bits per heavy atom. The van der Waals surface area contributed by atoms with Crippen LogP contribution in [0.5, 0.6) is 0 Å². The first-order chi connectivity index (χ1) is 30.3. The molecule has 19 nitrogen and oxygen atoms in total. The first-order valence-corrected chi connectivity index (χ1v) is 23.6. The molecule has 0 aromatic rings. The van der Waals surface area contributed by atoms with E-state index in [1.54, 1.807) is 0 Å². The van der Waals surface area contributed by atoms with Crippen LogP contribution in [0.3, 0.4) is 0 Å². The second kappa shape index (κ2) is 17.7. The molecule has 9 rings (SSSR count). The standard InChI is InChI=1S/C45H72O19/c1-19-30(49)32(51)34(53)39(58-19)63-38-36(55)37(62-40-35(54)33(52)31(50)27(16-47)60-40)28(17-48)61-41(38)59-23-8-10-42(3)22(13-23)5-6-24-25(42)9-11-43(4)26(24)14-29-45(43,56)20(2)44(64-29)12-7-21(15-46)18-57-44/h5,19-21,23-41,46-56H,6-18H2,1-4H3/t19-,20+,21-,23-,24+,25-,26-,27+,28+,29-,30-,31+,32+,33-,34+,35+,36-,37+,38+,39-,40-,41+,42-,43-,44+,45+/m0/s1. The van der Waals surface area contributed by atoms with Crippen molar-refractivity contribution in [2.75, 3.05) is 26.4 Å². The Bertz CT molecular complexity index is 1680. The SMILES string of the molecule is C[C@@H]1O[C@@H](O[C@H]2[C@H](O[C@H]3CC[C@@]4(C)C(=CC[C@@H]5[C@@H]4CC[C@@]4(C)[C@H]5C[C@@H]5O[C@]6(CC[C@@H](CO)CO6)[C@@H](C)[C@@]54O)C3)O[C@H](CO)[C@@H](O[C@@H]3O[C@H](CO)[C@@H](O)[C@H](O)[C@H]3O)[C@@H]2O)[C@H](O)[C@H](O)[C@H]1O. The summed E-state index contributed by atoms with van der Waals surface area (Å²) in [6, 6.07) is 0. The van der Waals surface area contributed by atoms with E-state index in [0.717, 1.165) is 38.5 Å². The predicted molar refractivity (Wildman–Crippen MR) is 217 cm³/mol. The average Bonchev–Trinajstić information content (AvgIpc) is 3.64. The fourth-order valence-corrected chi connectivity index (χ4v) is 14.0. The van der Waals surface area contributed by atoms with Gasteiger partial charge >= 0.3 is 0 Å². The largest absolute Gasteiger partial charge is 0.396 e. The summed E-state index contributed by atoms with van der Waals surface area (Å²) in [7, 11) is 0. The van der Waals surface area contributed by atoms with Crippen molar-refractivity contribution in [2.24, 2.45) is 40.4 Å². The maximum absolute atomic E-state index is 12.8. The maximum Gasteiger partial charge on any atom is 0.187 e. The van der Waals surface area contributed by atoms with E-state index in [1.165, 1.54) is 12.5 Å². The van der Waals surface area contributed by atoms with Crippen molar-refractivity contribution >= 4 is 0 Å². The summed E-state index contributed by atoms with van der Waals surface area (Å²) in [6.07, 6.45) is -15.0. The van der Waals surface area contributed by atoms with E-state index in [4.69, 9.17) is 37.9 Å². The summed E-state index contributed by atoms with van der Waals surface area (Å²) in [5.74, 6) is -0.0730. The van der Waals surface area contributed by atoms with Crippen molar-refractivity contribution in [1.82, 2.24) is 0 Å². The Balaban J connectivity index is 0.921. The van der Waals surface area contributed by atoms with Crippen LogP contribution >= 0.6 is 0 Å². The highest BCUT2D eigenvalue weighted by Gasteiger charge is 2.76. The number of hydrogen-bond acceptors (Lipinski definition) is 19. The first-order valence-electron chi connectivity index (χ1n) is 23.6. The summed E-state index contributed by atoms with van der Waals surface area (Å²) < 4.78 is 49.5. The van der Waals surface area contributed by atoms with Crippen LogP contribution < -0.4 is 0 Å². The molecule has 0 aromatic heterocycles. The molecule has 3 saturated carbocycles. The Morgan fingerprint density at radius 2 is 1.34 bits per heavy atom. The summed E-state index contributed by atoms with van der Waals surface area (Å²) in [6.45, 7) is 7.19. The normalized spacial score (nSPS) is 57.4. The Morgan fingerprint density at radius 1 is 0.672 bits per heavy atom. The molecule has 64 heavy (non-hydrogen) atoms. The molecule has 0 aromatic carbocycles. The summed E-state index contributed by atoms with van der Waals surface area (Å²) in [4.78, 5) is 0. The van der Waals surface area contributed by atoms with Gasteiger partial charge in [-0.2, -0.15) is 0 Å². The zero-order valence-electron chi connectivity index (χ0n) is 37.2. The van der Waals surface area contributed by atoms with E-state index in [1.807, 2.05) is 0 Å². The molecule has 5 aliphatic heterocycles. The molecular weight excluding hydrogens is 844 g/mol. The second-order valence-corrected chi connectivity index (χ2v) is 21.1. The fraction of sp³-hybridized carbons (Fsp3) is 0.956. The monoisotopic (exact) mass is 916 g/mol. The molecule has 0 bridgehead atoms. The number of ether oxygens (including phenoxy) is 8. The van der Waals surface area contributed by atoms with Crippen molar-refractivity contribution in [3.8, 4) is 0 Å². The number of fused-ring (bicyclic) bond motifs is 7. The van der Waals surface area contributed by atoms with Gasteiger partial charge in [0, 0.05) is 30.3 Å². The lowest BCUT2D eigenvalue weighted by Gasteiger charge is -2.60. The lowest BCUT2D eigenvalue weighted by atomic mass is 9.46. The van der Waals surface area contributed by atoms with E-state index in [-0.39, 0.29) is 41.3 Å². The van der Waals surface area contributed by atoms with Gasteiger partial charge in [0.05, 0.1) is 38.1 Å². The van der Waals surface area contributed by atoms with Crippen LogP contribution in [0.4, 0.5) is 0 Å². The number of aliphatic hydroxyl groups is 11. The number of rotatable bonds is 9. The van der Waals surface area contributed by atoms with Gasteiger partial charge in [-0.25, -0.2) is 0 Å². The lowest BCUT2D eigenvalue weighted by Crippen LogP contribution is -2.67. The van der Waals surface area contributed by atoms with Gasteiger partial charge in [-0.15, -0.1) is 0 Å². The summed E-state index contributed by atoms with van der Waals surface area (Å²) >= 11 is 0. The fourth-order valence-electron chi connectivity index (χ4n) is 14.0. The molecule has 4 aliphatic carbocycles. The number of hydrogen-bond donors (Lipinski definition) is 11. The second-order valence-electron chi connectivity index (χ2n) is 21.1. The molecule has 5 heterocycles. The molecule has 26 atom stereocenters. The minimum atomic E-state index is -1.84. The highest BCUT2D eigenvalue weighted by Crippen LogP contribution is 2.72. The van der Waals surface area contributed by atoms with Crippen LogP contribution in [-0.2, 0) is 37.9 Å². The van der Waals surface area contributed by atoms with Crippen molar-refractivity contribution < 1.29 is 94.1 Å². The minimum Gasteiger partial charge on any atom is -0.396 e. The maximum atomic E-state index is 12.8. The quantitative estimate of drug-likeness (QED) is 0.115. The van der Waals surface area contributed by atoms with Crippen LogP contribution in [-0.4, -0.2) is 198 Å². The van der Waals surface area contributed by atoms with Crippen molar-refractivity contribution in [2.45, 2.75) is 201 Å². The third kappa shape index (κ3) is 7.42. The van der Waals surface area contributed by atoms with Crippen LogP contribution in [0, 0.1) is 40.4 Å². The van der Waals surface area contributed by atoms with Gasteiger partial charge in [-0.3, -0.25) is 0 Å². The van der Waals surface area contributed by atoms with Gasteiger partial charge in [-0.1, -0.05) is 32.4 Å². The van der Waals surface area contributed by atoms with Gasteiger partial charge in [0.25, 0.3) is 0 Å². The molecule has 366 valence electrons. The highest BCUT2D eigenvalue weighted by atomic mass is 16.8. The van der Waals surface area contributed by atoms with E-state index in [9.17, 15) is 56.2 Å². The summed E-state index contributed by atoms with van der Waals surface area (Å²) in [5.41, 5.74) is -0.326. The minimum absolute atomic E-state index is 0.0736. The molecule has 0 unspecified atom stereocenters. The molecule has 19 heteroatoms. The van der Waals surface area contributed by atoms with Crippen LogP contribution in [0.2, 0.25) is 0 Å². The Labute approximate surface area is 373 Å². The first kappa shape index (κ1) is 48.0. The number of aliphatic hydroxyl groups excluding tert-OH is 10. The average molecular weight is 917 g/mol. The molecule has 0 radical (unpaired) electrons. The highest BCUT2D eigenvalue weighted by molar-refractivity contribution is 5.29. The Kier molecular flexibility index (Phi) is 13.3. The van der Waals surface area contributed by atoms with Crippen molar-refractivity contribution in [1.29, 1.82) is 0 Å². The molecule has 1 spiro atoms. The zero-order chi connectivity index (χ0) is 45.8. The van der Waals surface area contributed by atoms with E-state index in [2.05, 4.69) is 26.8 Å². The van der Waals surface area contributed by atoms with E-state index >= 15 is 0 Å². The molecule has 8 fully saturated rings. The van der Waals surface area contributed by atoms with Gasteiger partial charge < -0.3 is 94.1 Å². The third-order valence-corrected chi connectivity index (χ3v) is 18.1. The van der Waals surface area contributed by atoms with Crippen molar-refractivity contribution in [3.63, 3.8) is 0 Å². The van der Waals surface area contributed by atoms with Crippen molar-refractivity contribution in [3.05, 3.63) is 11.6 Å². The van der Waals surface area contributed by atoms with Gasteiger partial charge in [0.15, 0.2) is 24.7 Å². The molecule has 5 saturated heterocycles. The predicted octanol–water partition coefficient (Wildman–Crippen LogP) is -1.70. The molecular formula is C45H72O19. The van der Waals surface area contributed by atoms with Gasteiger partial charge in [0.2, 0.25) is 0 Å². The van der Waals surface area contributed by atoms with E-state index in [0.29, 0.717) is 37.7 Å². The molecule has 11 N–H and O–H groups in total. The smallest absolute Gasteiger partial charge is 0.187 e. The van der Waals surface area contributed by atoms with Crippen LogP contribution in [0.1, 0.15) is 85.5 Å². The van der Waals surface area contributed by atoms with E-state index < -0.39 is 123 Å². The number of allylic oxidation sites excluding steroid dienone is 1. The van der Waals surface area contributed by atoms with Crippen LogP contribution in [0.15, 0.2) is 11.6 Å². The Hall–Kier alpha value is -1.02. The topological polar surface area (TPSA) is 296 Å². The summed E-state index contributed by atoms with van der Waals surface area (Å²) in [5, 5.41) is 118. The third-order valence-electron chi connectivity index (χ3n) is 18.1. The molecule has 9 aliphatic rings. The van der Waals surface area contributed by atoms with Crippen LogP contribution in [0.25, 0.3) is 0 Å². The van der Waals surface area contributed by atoms with Gasteiger partial charge in [-0.05, 0) is 81.5 Å². The zero-order valence-corrected chi connectivity index (χ0v) is 37.2. The molecule has 0 amide bonds.